The molecule has 0 saturated heterocycles. The molecule has 3 aromatic rings. The van der Waals surface area contributed by atoms with Crippen LogP contribution in [0.5, 0.6) is 11.5 Å². The van der Waals surface area contributed by atoms with Crippen molar-refractivity contribution in [2.45, 2.75) is 6.04 Å². The Labute approximate surface area is 173 Å². The van der Waals surface area contributed by atoms with Crippen molar-refractivity contribution in [3.63, 3.8) is 0 Å². The van der Waals surface area contributed by atoms with Gasteiger partial charge >= 0.3 is 5.97 Å². The third kappa shape index (κ3) is 2.71. The van der Waals surface area contributed by atoms with Crippen LogP contribution in [0.25, 0.3) is 16.3 Å². The largest absolute Gasteiger partial charge is 0.507 e. The molecule has 0 bridgehead atoms. The van der Waals surface area contributed by atoms with E-state index >= 15 is 0 Å². The molecule has 1 unspecified atom stereocenters. The SMILES string of the molecule is COC(=O)c1ccccc1C1=C2C=CC(N)C=C2Oc2c1ccc1cccc(O)c21. The molecule has 5 heteroatoms. The first-order valence-corrected chi connectivity index (χ1v) is 9.59. The molecule has 30 heavy (non-hydrogen) atoms. The molecule has 5 nitrogen and oxygen atoms in total. The molecule has 0 aromatic heterocycles. The van der Waals surface area contributed by atoms with Gasteiger partial charge in [-0.2, -0.15) is 0 Å². The number of nitrogens with two attached hydrogens (primary N) is 1. The molecule has 0 spiro atoms. The Morgan fingerprint density at radius 1 is 1.07 bits per heavy atom. The topological polar surface area (TPSA) is 81.8 Å². The Kier molecular flexibility index (Phi) is 4.19. The highest BCUT2D eigenvalue weighted by Gasteiger charge is 2.30. The van der Waals surface area contributed by atoms with Gasteiger partial charge in [0.1, 0.15) is 17.3 Å². The number of esters is 1. The maximum atomic E-state index is 12.5. The maximum absolute atomic E-state index is 12.5. The van der Waals surface area contributed by atoms with Crippen LogP contribution in [-0.2, 0) is 4.74 Å². The number of phenols is 1. The highest BCUT2D eigenvalue weighted by atomic mass is 16.5. The van der Waals surface area contributed by atoms with Crippen LogP contribution in [0.2, 0.25) is 0 Å². The van der Waals surface area contributed by atoms with Crippen molar-refractivity contribution in [1.29, 1.82) is 0 Å². The van der Waals surface area contributed by atoms with Gasteiger partial charge in [-0.25, -0.2) is 4.79 Å². The zero-order chi connectivity index (χ0) is 20.8. The van der Waals surface area contributed by atoms with Crippen molar-refractivity contribution >= 4 is 22.3 Å². The predicted molar refractivity (Wildman–Crippen MR) is 115 cm³/mol. The van der Waals surface area contributed by atoms with Gasteiger partial charge in [0, 0.05) is 22.8 Å². The highest BCUT2D eigenvalue weighted by Crippen LogP contribution is 2.48. The van der Waals surface area contributed by atoms with Crippen LogP contribution in [0.15, 0.2) is 84.2 Å². The minimum absolute atomic E-state index is 0.129. The average Bonchev–Trinajstić information content (AvgIpc) is 2.76. The van der Waals surface area contributed by atoms with Gasteiger partial charge in [-0.1, -0.05) is 48.6 Å². The molecule has 1 aliphatic heterocycles. The summed E-state index contributed by atoms with van der Waals surface area (Å²) in [5, 5.41) is 12.1. The summed E-state index contributed by atoms with van der Waals surface area (Å²) in [5.41, 5.74) is 9.72. The lowest BCUT2D eigenvalue weighted by atomic mass is 9.84. The Hall–Kier alpha value is -3.83. The maximum Gasteiger partial charge on any atom is 0.338 e. The van der Waals surface area contributed by atoms with Crippen molar-refractivity contribution in [2.75, 3.05) is 7.11 Å². The molecule has 148 valence electrons. The summed E-state index contributed by atoms with van der Waals surface area (Å²) in [7, 11) is 1.37. The lowest BCUT2D eigenvalue weighted by molar-refractivity contribution is 0.0600. The van der Waals surface area contributed by atoms with Crippen LogP contribution in [0, 0.1) is 0 Å². The van der Waals surface area contributed by atoms with Crippen LogP contribution >= 0.6 is 0 Å². The zero-order valence-electron chi connectivity index (χ0n) is 16.3. The van der Waals surface area contributed by atoms with Crippen molar-refractivity contribution in [1.82, 2.24) is 0 Å². The number of aromatic hydroxyl groups is 1. The number of carbonyl (C=O) groups excluding carboxylic acids is 1. The van der Waals surface area contributed by atoms with Gasteiger partial charge in [0.25, 0.3) is 0 Å². The fourth-order valence-corrected chi connectivity index (χ4v) is 4.07. The van der Waals surface area contributed by atoms with Crippen LogP contribution < -0.4 is 10.5 Å². The van der Waals surface area contributed by atoms with E-state index in [-0.39, 0.29) is 11.8 Å². The minimum atomic E-state index is -0.419. The van der Waals surface area contributed by atoms with Crippen molar-refractivity contribution in [2.24, 2.45) is 5.73 Å². The zero-order valence-corrected chi connectivity index (χ0v) is 16.3. The molecule has 3 N–H and O–H groups in total. The first-order chi connectivity index (χ1) is 14.6. The number of carbonyl (C=O) groups is 1. The Bertz CT molecular complexity index is 1300. The lowest BCUT2D eigenvalue weighted by Gasteiger charge is -2.29. The number of benzene rings is 3. The fourth-order valence-electron chi connectivity index (χ4n) is 4.07. The number of allylic oxidation sites excluding steroid dienone is 1. The predicted octanol–water partition coefficient (Wildman–Crippen LogP) is 4.31. The monoisotopic (exact) mass is 397 g/mol. The highest BCUT2D eigenvalue weighted by molar-refractivity contribution is 6.05. The van der Waals surface area contributed by atoms with E-state index in [0.29, 0.717) is 22.5 Å². The van der Waals surface area contributed by atoms with E-state index in [4.69, 9.17) is 15.2 Å². The van der Waals surface area contributed by atoms with Gasteiger partial charge in [0.05, 0.1) is 18.1 Å². The molecular weight excluding hydrogens is 378 g/mol. The van der Waals surface area contributed by atoms with Crippen molar-refractivity contribution in [3.8, 4) is 11.5 Å². The molecule has 0 amide bonds. The number of ether oxygens (including phenoxy) is 2. The lowest BCUT2D eigenvalue weighted by Crippen LogP contribution is -2.22. The van der Waals surface area contributed by atoms with Crippen molar-refractivity contribution in [3.05, 3.63) is 101 Å². The summed E-state index contributed by atoms with van der Waals surface area (Å²) >= 11 is 0. The summed E-state index contributed by atoms with van der Waals surface area (Å²) in [6.45, 7) is 0. The van der Waals surface area contributed by atoms with Gasteiger partial charge in [-0.3, -0.25) is 0 Å². The van der Waals surface area contributed by atoms with Gasteiger partial charge in [-0.05, 0) is 35.2 Å². The number of phenolic OH excluding ortho intramolecular Hbond substituents is 1. The van der Waals surface area contributed by atoms with E-state index in [2.05, 4.69) is 0 Å². The normalized spacial score (nSPS) is 17.1. The van der Waals surface area contributed by atoms with E-state index in [0.717, 1.165) is 27.7 Å². The first kappa shape index (κ1) is 18.2. The van der Waals surface area contributed by atoms with Crippen molar-refractivity contribution < 1.29 is 19.4 Å². The summed E-state index contributed by atoms with van der Waals surface area (Å²) in [6, 6.07) is 16.3. The average molecular weight is 397 g/mol. The van der Waals surface area contributed by atoms with Crippen LogP contribution in [-0.4, -0.2) is 24.2 Å². The van der Waals surface area contributed by atoms with Crippen LogP contribution in [0.4, 0.5) is 0 Å². The molecule has 1 aliphatic carbocycles. The number of hydrogen-bond acceptors (Lipinski definition) is 5. The Morgan fingerprint density at radius 2 is 1.90 bits per heavy atom. The summed E-state index contributed by atoms with van der Waals surface area (Å²) in [5.74, 6) is 0.850. The molecular formula is C25H19NO4. The minimum Gasteiger partial charge on any atom is -0.507 e. The fraction of sp³-hybridized carbons (Fsp3) is 0.0800. The molecule has 1 heterocycles. The van der Waals surface area contributed by atoms with Gasteiger partial charge in [0.15, 0.2) is 0 Å². The van der Waals surface area contributed by atoms with Gasteiger partial charge in [0.2, 0.25) is 0 Å². The van der Waals surface area contributed by atoms with E-state index < -0.39 is 5.97 Å². The van der Waals surface area contributed by atoms with E-state index in [1.165, 1.54) is 7.11 Å². The number of methoxy groups -OCH3 is 1. The quantitative estimate of drug-likeness (QED) is 0.630. The third-order valence-corrected chi connectivity index (χ3v) is 5.42. The molecule has 0 saturated carbocycles. The standard InChI is InChI=1S/C25H19NO4/c1-29-25(28)17-7-3-2-6-16(17)23-18-12-10-15(26)13-21(18)30-24-19(23)11-9-14-5-4-8-20(27)22(14)24/h2-13,15,27H,26H2,1H3. The van der Waals surface area contributed by atoms with E-state index in [9.17, 15) is 9.90 Å². The summed E-state index contributed by atoms with van der Waals surface area (Å²) < 4.78 is 11.3. The second kappa shape index (κ2) is 6.90. The second-order valence-corrected chi connectivity index (χ2v) is 7.21. The summed E-state index contributed by atoms with van der Waals surface area (Å²) in [4.78, 5) is 12.5. The summed E-state index contributed by atoms with van der Waals surface area (Å²) in [6.07, 6.45) is 5.63. The van der Waals surface area contributed by atoms with E-state index in [1.54, 1.807) is 24.3 Å². The van der Waals surface area contributed by atoms with Gasteiger partial charge < -0.3 is 20.3 Å². The molecule has 1 atom stereocenters. The number of fused-ring (bicyclic) bond motifs is 4. The van der Waals surface area contributed by atoms with Gasteiger partial charge in [-0.15, -0.1) is 0 Å². The Morgan fingerprint density at radius 3 is 2.73 bits per heavy atom. The molecule has 0 fully saturated rings. The van der Waals surface area contributed by atoms with Crippen LogP contribution in [0.3, 0.4) is 0 Å². The molecule has 2 aliphatic rings. The Balaban J connectivity index is 1.89. The number of rotatable bonds is 2. The second-order valence-electron chi connectivity index (χ2n) is 7.21. The molecule has 0 radical (unpaired) electrons. The molecule has 5 rings (SSSR count). The first-order valence-electron chi connectivity index (χ1n) is 9.59. The smallest absolute Gasteiger partial charge is 0.338 e. The van der Waals surface area contributed by atoms with E-state index in [1.807, 2.05) is 48.6 Å². The third-order valence-electron chi connectivity index (χ3n) is 5.42. The van der Waals surface area contributed by atoms with Crippen LogP contribution in [0.1, 0.15) is 21.5 Å². The number of hydrogen-bond donors (Lipinski definition) is 2. The molecule has 3 aromatic carbocycles.